The van der Waals surface area contributed by atoms with Gasteiger partial charge in [-0.25, -0.2) is 14.4 Å². The van der Waals surface area contributed by atoms with Crippen LogP contribution in [0.5, 0.6) is 0 Å². The Balaban J connectivity index is 1.20. The second-order valence-electron chi connectivity index (χ2n) is 10.3. The third kappa shape index (κ3) is 5.16. The van der Waals surface area contributed by atoms with Crippen LogP contribution in [0, 0.1) is 11.2 Å². The van der Waals surface area contributed by atoms with Gasteiger partial charge in [0.05, 0.1) is 48.9 Å². The predicted molar refractivity (Wildman–Crippen MR) is 134 cm³/mol. The van der Waals surface area contributed by atoms with E-state index in [1.54, 1.807) is 18.3 Å². The molecule has 1 aromatic heterocycles. The zero-order valence-corrected chi connectivity index (χ0v) is 20.8. The summed E-state index contributed by atoms with van der Waals surface area (Å²) in [5.41, 5.74) is 1.47. The summed E-state index contributed by atoms with van der Waals surface area (Å²) in [4.78, 5) is 24.1. The standard InChI is InChI=1S/C26H31FN6O4/c1-26(24(34)32-10-12-35-13-11-32)15-36-23(37-16-26)21-14-22(33(31-21)19-6-2-17(27)3-7-19)20-8-9-28-25(30-20)29-18-4-5-18/h2-3,6-9,18,22-23H,4-5,10-16H2,1H3,(H,28,29,30). The number of halogens is 1. The molecule has 0 radical (unpaired) electrons. The van der Waals surface area contributed by atoms with Crippen LogP contribution in [-0.4, -0.2) is 78.3 Å². The van der Waals surface area contributed by atoms with Crippen molar-refractivity contribution in [2.75, 3.05) is 49.8 Å². The van der Waals surface area contributed by atoms with Crippen molar-refractivity contribution in [3.63, 3.8) is 0 Å². The second kappa shape index (κ2) is 9.96. The van der Waals surface area contributed by atoms with Crippen molar-refractivity contribution >= 4 is 23.3 Å². The molecule has 1 saturated carbocycles. The molecule has 4 aliphatic rings. The highest BCUT2D eigenvalue weighted by Gasteiger charge is 2.45. The maximum Gasteiger partial charge on any atom is 0.233 e. The smallest absolute Gasteiger partial charge is 0.233 e. The summed E-state index contributed by atoms with van der Waals surface area (Å²) in [6.45, 7) is 4.59. The van der Waals surface area contributed by atoms with Gasteiger partial charge in [0.1, 0.15) is 11.9 Å². The number of nitrogens with one attached hydrogen (secondary N) is 1. The van der Waals surface area contributed by atoms with Crippen LogP contribution in [0.25, 0.3) is 0 Å². The molecule has 1 atom stereocenters. The highest BCUT2D eigenvalue weighted by molar-refractivity contribution is 5.92. The largest absolute Gasteiger partial charge is 0.378 e. The number of aromatic nitrogens is 2. The fourth-order valence-electron chi connectivity index (χ4n) is 4.85. The van der Waals surface area contributed by atoms with Crippen LogP contribution >= 0.6 is 0 Å². The molecular weight excluding hydrogens is 479 g/mol. The Labute approximate surface area is 214 Å². The van der Waals surface area contributed by atoms with Crippen LogP contribution in [0.3, 0.4) is 0 Å². The van der Waals surface area contributed by atoms with E-state index in [1.807, 2.05) is 22.9 Å². The summed E-state index contributed by atoms with van der Waals surface area (Å²) in [5.74, 6) is 0.296. The van der Waals surface area contributed by atoms with Crippen molar-refractivity contribution in [1.29, 1.82) is 0 Å². The van der Waals surface area contributed by atoms with E-state index in [0.29, 0.717) is 50.4 Å². The summed E-state index contributed by atoms with van der Waals surface area (Å²) < 4.78 is 31.2. The number of amides is 1. The molecule has 6 rings (SSSR count). The quantitative estimate of drug-likeness (QED) is 0.633. The van der Waals surface area contributed by atoms with Gasteiger partial charge >= 0.3 is 0 Å². The summed E-state index contributed by atoms with van der Waals surface area (Å²) in [6, 6.07) is 8.28. The van der Waals surface area contributed by atoms with Gasteiger partial charge < -0.3 is 24.4 Å². The van der Waals surface area contributed by atoms with Gasteiger partial charge in [0.25, 0.3) is 0 Å². The third-order valence-electron chi connectivity index (χ3n) is 7.15. The molecule has 2 aromatic rings. The SMILES string of the molecule is CC1(C(=O)N2CCOCC2)COC(C2=NN(c3ccc(F)cc3)C(c3ccnc(NC4CC4)n3)C2)OC1. The molecule has 196 valence electrons. The molecule has 11 heteroatoms. The number of benzene rings is 1. The van der Waals surface area contributed by atoms with E-state index in [9.17, 15) is 9.18 Å². The Bertz CT molecular complexity index is 1160. The van der Waals surface area contributed by atoms with Crippen molar-refractivity contribution in [2.24, 2.45) is 10.5 Å². The number of hydrogen-bond acceptors (Lipinski definition) is 9. The van der Waals surface area contributed by atoms with Crippen LogP contribution in [0.4, 0.5) is 16.0 Å². The average molecular weight is 511 g/mol. The molecule has 1 aromatic carbocycles. The fraction of sp³-hybridized carbons (Fsp3) is 0.538. The number of carbonyl (C=O) groups is 1. The zero-order valence-electron chi connectivity index (χ0n) is 20.8. The minimum absolute atomic E-state index is 0.0186. The van der Waals surface area contributed by atoms with Crippen molar-refractivity contribution in [3.05, 3.63) is 48.0 Å². The van der Waals surface area contributed by atoms with Crippen LogP contribution in [0.2, 0.25) is 0 Å². The zero-order chi connectivity index (χ0) is 25.4. The first kappa shape index (κ1) is 24.2. The van der Waals surface area contributed by atoms with E-state index in [1.165, 1.54) is 12.1 Å². The Hall–Kier alpha value is -3.15. The number of nitrogens with zero attached hydrogens (tertiary/aromatic N) is 5. The van der Waals surface area contributed by atoms with Gasteiger partial charge in [0, 0.05) is 31.7 Å². The number of carbonyl (C=O) groups excluding carboxylic acids is 1. The lowest BCUT2D eigenvalue weighted by atomic mass is 9.89. The molecule has 3 fully saturated rings. The molecular formula is C26H31FN6O4. The lowest BCUT2D eigenvalue weighted by Gasteiger charge is -2.40. The summed E-state index contributed by atoms with van der Waals surface area (Å²) >= 11 is 0. The van der Waals surface area contributed by atoms with E-state index in [-0.39, 0.29) is 31.0 Å². The van der Waals surface area contributed by atoms with E-state index < -0.39 is 11.7 Å². The molecule has 0 bridgehead atoms. The summed E-state index contributed by atoms with van der Waals surface area (Å²) in [6.07, 6.45) is 3.81. The van der Waals surface area contributed by atoms with E-state index in [2.05, 4.69) is 10.3 Å². The summed E-state index contributed by atoms with van der Waals surface area (Å²) in [5, 5.41) is 10.0. The molecule has 10 nitrogen and oxygen atoms in total. The highest BCUT2D eigenvalue weighted by Crippen LogP contribution is 2.38. The maximum absolute atomic E-state index is 13.7. The molecule has 37 heavy (non-hydrogen) atoms. The molecule has 1 amide bonds. The Morgan fingerprint density at radius 2 is 1.84 bits per heavy atom. The predicted octanol–water partition coefficient (Wildman–Crippen LogP) is 2.74. The number of hydrogen-bond donors (Lipinski definition) is 1. The van der Waals surface area contributed by atoms with Crippen molar-refractivity contribution < 1.29 is 23.4 Å². The summed E-state index contributed by atoms with van der Waals surface area (Å²) in [7, 11) is 0. The topological polar surface area (TPSA) is 101 Å². The molecule has 1 unspecified atom stereocenters. The molecule has 1 aliphatic carbocycles. The monoisotopic (exact) mass is 510 g/mol. The van der Waals surface area contributed by atoms with Crippen LogP contribution in [-0.2, 0) is 19.0 Å². The third-order valence-corrected chi connectivity index (χ3v) is 7.15. The first-order valence-electron chi connectivity index (χ1n) is 12.8. The first-order valence-corrected chi connectivity index (χ1v) is 12.8. The minimum Gasteiger partial charge on any atom is -0.378 e. The molecule has 3 aliphatic heterocycles. The molecule has 2 saturated heterocycles. The Morgan fingerprint density at radius 3 is 2.54 bits per heavy atom. The van der Waals surface area contributed by atoms with Crippen molar-refractivity contribution in [1.82, 2.24) is 14.9 Å². The number of rotatable bonds is 6. The number of morpholine rings is 1. The van der Waals surface area contributed by atoms with Gasteiger partial charge in [-0.3, -0.25) is 9.80 Å². The first-order chi connectivity index (χ1) is 18.0. The number of ether oxygens (including phenoxy) is 3. The lowest BCUT2D eigenvalue weighted by Crippen LogP contribution is -2.54. The maximum atomic E-state index is 13.7. The Morgan fingerprint density at radius 1 is 1.11 bits per heavy atom. The van der Waals surface area contributed by atoms with Crippen molar-refractivity contribution in [2.45, 2.75) is 44.6 Å². The van der Waals surface area contributed by atoms with Crippen LogP contribution in [0.1, 0.15) is 37.9 Å². The minimum atomic E-state index is -0.765. The van der Waals surface area contributed by atoms with Gasteiger partial charge in [-0.05, 0) is 50.1 Å². The Kier molecular flexibility index (Phi) is 6.51. The highest BCUT2D eigenvalue weighted by atomic mass is 19.1. The molecule has 4 heterocycles. The van der Waals surface area contributed by atoms with Crippen LogP contribution < -0.4 is 10.3 Å². The average Bonchev–Trinajstić information content (AvgIpc) is 3.64. The van der Waals surface area contributed by atoms with E-state index in [0.717, 1.165) is 24.2 Å². The number of anilines is 2. The second-order valence-corrected chi connectivity index (χ2v) is 10.3. The van der Waals surface area contributed by atoms with Gasteiger partial charge in [0.2, 0.25) is 11.9 Å². The van der Waals surface area contributed by atoms with Gasteiger partial charge in [-0.2, -0.15) is 5.10 Å². The van der Waals surface area contributed by atoms with Gasteiger partial charge in [-0.1, -0.05) is 0 Å². The van der Waals surface area contributed by atoms with Crippen LogP contribution in [0.15, 0.2) is 41.6 Å². The molecule has 1 N–H and O–H groups in total. The van der Waals surface area contributed by atoms with Gasteiger partial charge in [0.15, 0.2) is 6.29 Å². The lowest BCUT2D eigenvalue weighted by molar-refractivity contribution is -0.203. The van der Waals surface area contributed by atoms with Gasteiger partial charge in [-0.15, -0.1) is 0 Å². The van der Waals surface area contributed by atoms with E-state index >= 15 is 0 Å². The molecule has 0 spiro atoms. The fourth-order valence-corrected chi connectivity index (χ4v) is 4.85. The number of hydrazone groups is 1. The normalized spacial score (nSPS) is 28.2. The van der Waals surface area contributed by atoms with Crippen molar-refractivity contribution in [3.8, 4) is 0 Å². The van der Waals surface area contributed by atoms with E-state index in [4.69, 9.17) is 24.3 Å².